The molecule has 0 aromatic carbocycles. The van der Waals surface area contributed by atoms with E-state index in [2.05, 4.69) is 4.98 Å². The first kappa shape index (κ1) is 13.9. The highest BCUT2D eigenvalue weighted by atomic mass is 35.5. The van der Waals surface area contributed by atoms with E-state index in [4.69, 9.17) is 23.2 Å². The molecule has 2 rings (SSSR count). The van der Waals surface area contributed by atoms with Crippen LogP contribution < -0.4 is 4.90 Å². The summed E-state index contributed by atoms with van der Waals surface area (Å²) >= 11 is 11.7. The van der Waals surface area contributed by atoms with Crippen molar-refractivity contribution in [3.63, 3.8) is 0 Å². The lowest BCUT2D eigenvalue weighted by atomic mass is 10.2. The van der Waals surface area contributed by atoms with Crippen molar-refractivity contribution < 1.29 is 8.42 Å². The van der Waals surface area contributed by atoms with Crippen LogP contribution in [0.15, 0.2) is 12.3 Å². The summed E-state index contributed by atoms with van der Waals surface area (Å²) in [6, 6.07) is 1.83. The number of rotatable bonds is 2. The lowest BCUT2D eigenvalue weighted by Gasteiger charge is -2.21. The zero-order valence-corrected chi connectivity index (χ0v) is 12.1. The Morgan fingerprint density at radius 2 is 2.11 bits per heavy atom. The van der Waals surface area contributed by atoms with E-state index >= 15 is 0 Å². The van der Waals surface area contributed by atoms with Crippen LogP contribution in [0.3, 0.4) is 0 Å². The van der Waals surface area contributed by atoms with E-state index in [1.807, 2.05) is 11.0 Å². The number of anilines is 1. The number of halogens is 2. The molecule has 0 aliphatic carbocycles. The normalized spacial score (nSPS) is 19.6. The quantitative estimate of drug-likeness (QED) is 0.785. The Kier molecular flexibility index (Phi) is 4.35. The van der Waals surface area contributed by atoms with Crippen molar-refractivity contribution in [3.8, 4) is 0 Å². The Morgan fingerprint density at radius 3 is 2.83 bits per heavy atom. The van der Waals surface area contributed by atoms with Gasteiger partial charge in [-0.25, -0.2) is 13.4 Å². The molecule has 0 spiro atoms. The number of alkyl halides is 1. The van der Waals surface area contributed by atoms with E-state index in [1.165, 1.54) is 0 Å². The summed E-state index contributed by atoms with van der Waals surface area (Å²) in [4.78, 5) is 6.21. The number of pyridine rings is 1. The maximum absolute atomic E-state index is 11.5. The van der Waals surface area contributed by atoms with Gasteiger partial charge in [0.2, 0.25) is 0 Å². The molecule has 1 aliphatic rings. The van der Waals surface area contributed by atoms with Crippen LogP contribution >= 0.6 is 23.2 Å². The number of nitrogens with zero attached hydrogens (tertiary/aromatic N) is 2. The van der Waals surface area contributed by atoms with Gasteiger partial charge in [-0.05, 0) is 18.1 Å². The minimum atomic E-state index is -2.91. The van der Waals surface area contributed by atoms with Crippen LogP contribution in [-0.4, -0.2) is 38.0 Å². The second-order valence-electron chi connectivity index (χ2n) is 4.26. The van der Waals surface area contributed by atoms with E-state index in [1.54, 1.807) is 6.20 Å². The van der Waals surface area contributed by atoms with Crippen LogP contribution in [0.2, 0.25) is 5.02 Å². The van der Waals surface area contributed by atoms with Gasteiger partial charge in [-0.1, -0.05) is 11.6 Å². The van der Waals surface area contributed by atoms with Crippen LogP contribution in [0.4, 0.5) is 5.82 Å². The van der Waals surface area contributed by atoms with Crippen LogP contribution in [-0.2, 0) is 15.7 Å². The zero-order valence-electron chi connectivity index (χ0n) is 9.77. The molecule has 100 valence electrons. The smallest absolute Gasteiger partial charge is 0.152 e. The monoisotopic (exact) mass is 308 g/mol. The summed E-state index contributed by atoms with van der Waals surface area (Å²) < 4.78 is 23.1. The fourth-order valence-corrected chi connectivity index (χ4v) is 3.64. The highest BCUT2D eigenvalue weighted by Gasteiger charge is 2.20. The van der Waals surface area contributed by atoms with Gasteiger partial charge in [0.05, 0.1) is 16.5 Å². The molecule has 2 heterocycles. The Hall–Kier alpha value is -0.520. The lowest BCUT2D eigenvalue weighted by molar-refractivity contribution is 0.597. The van der Waals surface area contributed by atoms with Crippen molar-refractivity contribution in [2.45, 2.75) is 12.3 Å². The molecule has 1 aromatic heterocycles. The molecule has 18 heavy (non-hydrogen) atoms. The summed E-state index contributed by atoms with van der Waals surface area (Å²) in [5, 5.41) is 0.538. The molecular weight excluding hydrogens is 295 g/mol. The van der Waals surface area contributed by atoms with Gasteiger partial charge in [0.15, 0.2) is 9.84 Å². The predicted octanol–water partition coefficient (Wildman–Crippen LogP) is 2.10. The fraction of sp³-hybridized carbons (Fsp3) is 0.545. The molecule has 0 radical (unpaired) electrons. The molecule has 1 saturated heterocycles. The van der Waals surface area contributed by atoms with Crippen LogP contribution in [0.1, 0.15) is 12.0 Å². The number of aromatic nitrogens is 1. The topological polar surface area (TPSA) is 50.3 Å². The second-order valence-corrected chi connectivity index (χ2v) is 7.24. The van der Waals surface area contributed by atoms with Gasteiger partial charge in [0.25, 0.3) is 0 Å². The molecule has 0 amide bonds. The summed E-state index contributed by atoms with van der Waals surface area (Å²) in [6.07, 6.45) is 2.19. The molecule has 0 unspecified atom stereocenters. The highest BCUT2D eigenvalue weighted by Crippen LogP contribution is 2.23. The van der Waals surface area contributed by atoms with Crippen molar-refractivity contribution in [1.29, 1.82) is 0 Å². The van der Waals surface area contributed by atoms with Gasteiger partial charge in [-0.2, -0.15) is 0 Å². The SMILES string of the molecule is O=S1(=O)CCCN(c2cc(CCl)c(Cl)cn2)CC1. The van der Waals surface area contributed by atoms with E-state index in [0.29, 0.717) is 30.4 Å². The number of hydrogen-bond acceptors (Lipinski definition) is 4. The lowest BCUT2D eigenvalue weighted by Crippen LogP contribution is -2.27. The van der Waals surface area contributed by atoms with Crippen molar-refractivity contribution in [2.75, 3.05) is 29.5 Å². The Bertz CT molecular complexity index is 534. The van der Waals surface area contributed by atoms with Crippen molar-refractivity contribution in [3.05, 3.63) is 22.8 Å². The number of sulfone groups is 1. The third-order valence-electron chi connectivity index (χ3n) is 2.94. The molecule has 1 fully saturated rings. The Labute approximate surface area is 117 Å². The first-order valence-corrected chi connectivity index (χ1v) is 8.41. The van der Waals surface area contributed by atoms with E-state index < -0.39 is 9.84 Å². The molecule has 0 saturated carbocycles. The maximum atomic E-state index is 11.5. The van der Waals surface area contributed by atoms with E-state index in [-0.39, 0.29) is 11.5 Å². The summed E-state index contributed by atoms with van der Waals surface area (Å²) in [6.45, 7) is 1.16. The van der Waals surface area contributed by atoms with Gasteiger partial charge < -0.3 is 4.90 Å². The minimum Gasteiger partial charge on any atom is -0.356 e. The van der Waals surface area contributed by atoms with Crippen molar-refractivity contribution >= 4 is 38.9 Å². The van der Waals surface area contributed by atoms with Crippen molar-refractivity contribution in [1.82, 2.24) is 4.98 Å². The van der Waals surface area contributed by atoms with Gasteiger partial charge >= 0.3 is 0 Å². The first-order valence-electron chi connectivity index (χ1n) is 5.67. The Morgan fingerprint density at radius 1 is 1.33 bits per heavy atom. The van der Waals surface area contributed by atoms with E-state index in [9.17, 15) is 8.42 Å². The first-order chi connectivity index (χ1) is 8.52. The highest BCUT2D eigenvalue weighted by molar-refractivity contribution is 7.91. The van der Waals surface area contributed by atoms with Crippen LogP contribution in [0, 0.1) is 0 Å². The van der Waals surface area contributed by atoms with Gasteiger partial charge in [-0.15, -0.1) is 11.6 Å². The van der Waals surface area contributed by atoms with Gasteiger partial charge in [0, 0.05) is 25.2 Å². The summed E-state index contributed by atoms with van der Waals surface area (Å²) in [7, 11) is -2.91. The fourth-order valence-electron chi connectivity index (χ4n) is 1.91. The second kappa shape index (κ2) is 5.63. The minimum absolute atomic E-state index is 0.174. The molecule has 0 atom stereocenters. The van der Waals surface area contributed by atoms with Crippen molar-refractivity contribution in [2.24, 2.45) is 0 Å². The molecule has 0 bridgehead atoms. The molecule has 4 nitrogen and oxygen atoms in total. The molecule has 1 aliphatic heterocycles. The summed E-state index contributed by atoms with van der Waals surface area (Å²) in [5.74, 6) is 1.49. The average molecular weight is 309 g/mol. The predicted molar refractivity (Wildman–Crippen MR) is 74.3 cm³/mol. The van der Waals surface area contributed by atoms with Gasteiger partial charge in [0.1, 0.15) is 5.82 Å². The summed E-state index contributed by atoms with van der Waals surface area (Å²) in [5.41, 5.74) is 0.815. The standard InChI is InChI=1S/C11H14Cl2N2O2S/c12-7-9-6-11(14-8-10(9)13)15-2-1-4-18(16,17)5-3-15/h6,8H,1-5,7H2. The van der Waals surface area contributed by atoms with E-state index in [0.717, 1.165) is 11.4 Å². The maximum Gasteiger partial charge on any atom is 0.152 e. The average Bonchev–Trinajstić information content (AvgIpc) is 2.51. The zero-order chi connectivity index (χ0) is 13.2. The van der Waals surface area contributed by atoms with Crippen LogP contribution in [0.25, 0.3) is 0 Å². The molecule has 7 heteroatoms. The largest absolute Gasteiger partial charge is 0.356 e. The number of hydrogen-bond donors (Lipinski definition) is 0. The molecule has 1 aromatic rings. The van der Waals surface area contributed by atoms with Gasteiger partial charge in [-0.3, -0.25) is 0 Å². The van der Waals surface area contributed by atoms with Crippen LogP contribution in [0.5, 0.6) is 0 Å². The third kappa shape index (κ3) is 3.28. The molecule has 0 N–H and O–H groups in total. The third-order valence-corrected chi connectivity index (χ3v) is 5.29. The molecular formula is C11H14Cl2N2O2S. The Balaban J connectivity index is 2.21.